The number of hydrogen-bond donors (Lipinski definition) is 1. The molecule has 1 amide bonds. The summed E-state index contributed by atoms with van der Waals surface area (Å²) in [5.74, 6) is -0.475. The first-order chi connectivity index (χ1) is 15.4. The quantitative estimate of drug-likeness (QED) is 0.470. The second kappa shape index (κ2) is 8.29. The van der Waals surface area contributed by atoms with Crippen molar-refractivity contribution < 1.29 is 35.3 Å². The van der Waals surface area contributed by atoms with Gasteiger partial charge < -0.3 is 14.2 Å². The zero-order valence-electron chi connectivity index (χ0n) is 17.1. The predicted octanol–water partition coefficient (Wildman–Crippen LogP) is 2.50. The summed E-state index contributed by atoms with van der Waals surface area (Å²) in [4.78, 5) is 22.2. The van der Waals surface area contributed by atoms with Crippen LogP contribution in [0, 0.1) is 0 Å². The molecule has 2 saturated heterocycles. The van der Waals surface area contributed by atoms with Gasteiger partial charge in [-0.1, -0.05) is 23.7 Å². The molecule has 2 aliphatic rings. The predicted molar refractivity (Wildman–Crippen MR) is 110 cm³/mol. The Balaban J connectivity index is 1.54. The summed E-state index contributed by atoms with van der Waals surface area (Å²) in [6.45, 7) is 1.75. The number of alkyl halides is 3. The first kappa shape index (κ1) is 23.5. The van der Waals surface area contributed by atoms with Crippen molar-refractivity contribution in [2.24, 2.45) is 0 Å². The molecule has 33 heavy (non-hydrogen) atoms. The van der Waals surface area contributed by atoms with Crippen LogP contribution in [0.25, 0.3) is 11.3 Å². The number of hydrogen-bond acceptors (Lipinski definition) is 8. The number of nitrogens with one attached hydrogen (secondary N) is 1. The molecule has 4 rings (SSSR count). The van der Waals surface area contributed by atoms with Gasteiger partial charge in [0.05, 0.1) is 29.6 Å². The maximum atomic E-state index is 12.7. The van der Waals surface area contributed by atoms with Crippen molar-refractivity contribution in [2.45, 2.75) is 30.4 Å². The number of carbonyl (C=O) groups excluding carboxylic acids is 1. The van der Waals surface area contributed by atoms with Crippen LogP contribution in [-0.2, 0) is 21.5 Å². The Hall–Kier alpha value is -2.64. The molecule has 0 aliphatic carbocycles. The number of ether oxygens (including phenoxy) is 1. The first-order valence-electron chi connectivity index (χ1n) is 9.66. The highest BCUT2D eigenvalue weighted by Crippen LogP contribution is 2.38. The van der Waals surface area contributed by atoms with E-state index in [2.05, 4.69) is 24.4 Å². The summed E-state index contributed by atoms with van der Waals surface area (Å²) >= 11 is 6.12. The van der Waals surface area contributed by atoms with E-state index in [0.717, 1.165) is 12.5 Å². The standard InChI is InChI=1S/C19H18ClF3N4O5S/c1-31-17-13(8-27-9-18(10-27)6-5-15(28)26-18)24-7-12(25-17)11-3-2-4-14(16(11)20)32-33(29,30)19(21,22)23/h2-4,7H,5-6,8-10H2,1H3,(H,26,28). The third kappa shape index (κ3) is 4.57. The van der Waals surface area contributed by atoms with Crippen LogP contribution >= 0.6 is 11.6 Å². The van der Waals surface area contributed by atoms with Crippen molar-refractivity contribution in [3.8, 4) is 22.9 Å². The van der Waals surface area contributed by atoms with Gasteiger partial charge in [-0.05, 0) is 12.5 Å². The second-order valence-corrected chi connectivity index (χ2v) is 9.70. The van der Waals surface area contributed by atoms with E-state index in [-0.39, 0.29) is 33.6 Å². The van der Waals surface area contributed by atoms with E-state index in [4.69, 9.17) is 16.3 Å². The van der Waals surface area contributed by atoms with E-state index in [1.54, 1.807) is 0 Å². The molecule has 0 saturated carbocycles. The molecule has 1 spiro atoms. The fourth-order valence-corrected chi connectivity index (χ4v) is 4.66. The van der Waals surface area contributed by atoms with Crippen LogP contribution in [0.4, 0.5) is 13.2 Å². The Kier molecular flexibility index (Phi) is 5.91. The Morgan fingerprint density at radius 2 is 2.03 bits per heavy atom. The minimum absolute atomic E-state index is 0.0440. The van der Waals surface area contributed by atoms with Gasteiger partial charge in [-0.2, -0.15) is 21.6 Å². The molecule has 0 radical (unpaired) electrons. The minimum Gasteiger partial charge on any atom is -0.480 e. The molecule has 14 heteroatoms. The molecule has 178 valence electrons. The highest BCUT2D eigenvalue weighted by Gasteiger charge is 2.49. The summed E-state index contributed by atoms with van der Waals surface area (Å²) in [6, 6.07) is 3.70. The molecule has 1 aromatic carbocycles. The summed E-state index contributed by atoms with van der Waals surface area (Å²) in [5, 5.41) is 2.61. The zero-order chi connectivity index (χ0) is 24.0. The highest BCUT2D eigenvalue weighted by atomic mass is 35.5. The number of rotatable bonds is 6. The van der Waals surface area contributed by atoms with Gasteiger partial charge in [-0.15, -0.1) is 0 Å². The van der Waals surface area contributed by atoms with Crippen molar-refractivity contribution in [1.82, 2.24) is 20.2 Å². The minimum atomic E-state index is -5.89. The number of methoxy groups -OCH3 is 1. The fraction of sp³-hybridized carbons (Fsp3) is 0.421. The number of halogens is 4. The van der Waals surface area contributed by atoms with Gasteiger partial charge in [-0.25, -0.2) is 4.98 Å². The van der Waals surface area contributed by atoms with Gasteiger partial charge in [0.25, 0.3) is 0 Å². The van der Waals surface area contributed by atoms with Crippen LogP contribution in [-0.4, -0.2) is 60.4 Å². The summed E-state index contributed by atoms with van der Waals surface area (Å²) < 4.78 is 70.1. The number of carbonyl (C=O) groups is 1. The van der Waals surface area contributed by atoms with Crippen LogP contribution in [0.3, 0.4) is 0 Å². The lowest BCUT2D eigenvalue weighted by Gasteiger charge is -2.47. The molecular formula is C19H18ClF3N4O5S. The Morgan fingerprint density at radius 3 is 2.64 bits per heavy atom. The third-order valence-electron chi connectivity index (χ3n) is 5.39. The van der Waals surface area contributed by atoms with Gasteiger partial charge in [-0.3, -0.25) is 14.7 Å². The van der Waals surface area contributed by atoms with E-state index < -0.39 is 21.4 Å². The number of nitrogens with zero attached hydrogens (tertiary/aromatic N) is 3. The summed E-state index contributed by atoms with van der Waals surface area (Å²) in [6.07, 6.45) is 2.65. The molecule has 2 aliphatic heterocycles. The molecule has 0 unspecified atom stereocenters. The van der Waals surface area contributed by atoms with E-state index in [0.29, 0.717) is 31.7 Å². The SMILES string of the molecule is COc1nc(-c2cccc(OS(=O)(=O)C(F)(F)F)c2Cl)cnc1CN1CC2(CCC(=O)N2)C1. The van der Waals surface area contributed by atoms with E-state index >= 15 is 0 Å². The van der Waals surface area contributed by atoms with E-state index in [1.165, 1.54) is 25.4 Å². The number of aromatic nitrogens is 2. The smallest absolute Gasteiger partial charge is 0.480 e. The topological polar surface area (TPSA) is 111 Å². The monoisotopic (exact) mass is 506 g/mol. The lowest BCUT2D eigenvalue weighted by molar-refractivity contribution is -0.120. The maximum absolute atomic E-state index is 12.7. The van der Waals surface area contributed by atoms with Crippen LogP contribution < -0.4 is 14.2 Å². The van der Waals surface area contributed by atoms with Crippen LogP contribution in [0.1, 0.15) is 18.5 Å². The molecule has 2 aromatic rings. The summed E-state index contributed by atoms with van der Waals surface area (Å²) in [5.41, 5.74) is -5.02. The molecule has 1 N–H and O–H groups in total. The lowest BCUT2D eigenvalue weighted by atomic mass is 9.88. The van der Waals surface area contributed by atoms with Gasteiger partial charge in [0.15, 0.2) is 5.75 Å². The van der Waals surface area contributed by atoms with Gasteiger partial charge in [0.2, 0.25) is 11.8 Å². The normalized spacial score (nSPS) is 18.2. The van der Waals surface area contributed by atoms with Crippen LogP contribution in [0.15, 0.2) is 24.4 Å². The Bertz CT molecular complexity index is 1200. The van der Waals surface area contributed by atoms with Gasteiger partial charge >= 0.3 is 15.6 Å². The summed E-state index contributed by atoms with van der Waals surface area (Å²) in [7, 11) is -4.50. The molecular weight excluding hydrogens is 489 g/mol. The molecule has 0 bridgehead atoms. The van der Waals surface area contributed by atoms with Crippen molar-refractivity contribution >= 4 is 27.6 Å². The number of benzene rings is 1. The van der Waals surface area contributed by atoms with Crippen molar-refractivity contribution in [3.05, 3.63) is 35.1 Å². The van der Waals surface area contributed by atoms with Crippen LogP contribution in [0.5, 0.6) is 11.6 Å². The Labute approximate surface area is 192 Å². The molecule has 9 nitrogen and oxygen atoms in total. The van der Waals surface area contributed by atoms with E-state index in [1.807, 2.05) is 0 Å². The number of amides is 1. The third-order valence-corrected chi connectivity index (χ3v) is 6.74. The van der Waals surface area contributed by atoms with Gasteiger partial charge in [0.1, 0.15) is 5.69 Å². The molecule has 2 fully saturated rings. The first-order valence-corrected chi connectivity index (χ1v) is 11.4. The van der Waals surface area contributed by atoms with Crippen LogP contribution in [0.2, 0.25) is 5.02 Å². The molecule has 0 atom stereocenters. The largest absolute Gasteiger partial charge is 0.534 e. The van der Waals surface area contributed by atoms with Crippen molar-refractivity contribution in [2.75, 3.05) is 20.2 Å². The van der Waals surface area contributed by atoms with Gasteiger partial charge in [0, 0.05) is 31.6 Å². The average molecular weight is 507 g/mol. The fourth-order valence-electron chi connectivity index (χ4n) is 3.88. The molecule has 1 aromatic heterocycles. The Morgan fingerprint density at radius 1 is 1.30 bits per heavy atom. The number of likely N-dealkylation sites (tertiary alicyclic amines) is 1. The zero-order valence-corrected chi connectivity index (χ0v) is 18.7. The van der Waals surface area contributed by atoms with Crippen molar-refractivity contribution in [3.63, 3.8) is 0 Å². The van der Waals surface area contributed by atoms with Crippen molar-refractivity contribution in [1.29, 1.82) is 0 Å². The second-order valence-electron chi connectivity index (χ2n) is 7.79. The molecule has 3 heterocycles. The maximum Gasteiger partial charge on any atom is 0.534 e. The van der Waals surface area contributed by atoms with E-state index in [9.17, 15) is 26.4 Å². The highest BCUT2D eigenvalue weighted by molar-refractivity contribution is 7.88. The lowest BCUT2D eigenvalue weighted by Crippen LogP contribution is -2.66. The average Bonchev–Trinajstić information content (AvgIpc) is 3.10.